The van der Waals surface area contributed by atoms with Gasteiger partial charge in [-0.3, -0.25) is 9.79 Å². The summed E-state index contributed by atoms with van der Waals surface area (Å²) in [6, 6.07) is 13.9. The number of hydrogen-bond acceptors (Lipinski definition) is 3. The third-order valence-electron chi connectivity index (χ3n) is 6.25. The molecule has 0 N–H and O–H groups in total. The molecule has 1 amide bonds. The molecule has 2 aromatic heterocycles. The molecule has 31 heavy (non-hydrogen) atoms. The fourth-order valence-electron chi connectivity index (χ4n) is 4.48. The molecule has 5 nitrogen and oxygen atoms in total. The number of pyridine rings is 1. The zero-order chi connectivity index (χ0) is 21.2. The highest BCUT2D eigenvalue weighted by atomic mass is 35.5. The van der Waals surface area contributed by atoms with E-state index in [1.165, 1.54) is 5.52 Å². The lowest BCUT2D eigenvalue weighted by Crippen LogP contribution is -2.33. The van der Waals surface area contributed by atoms with Crippen LogP contribution in [0.3, 0.4) is 0 Å². The molecular formula is C25H25ClN4O. The minimum absolute atomic E-state index is 0.194. The molecule has 1 aromatic carbocycles. The van der Waals surface area contributed by atoms with Crippen molar-refractivity contribution in [2.24, 2.45) is 10.9 Å². The normalized spacial score (nSPS) is 18.5. The van der Waals surface area contributed by atoms with Crippen LogP contribution < -0.4 is 0 Å². The van der Waals surface area contributed by atoms with Gasteiger partial charge >= 0.3 is 0 Å². The lowest BCUT2D eigenvalue weighted by molar-refractivity contribution is -0.130. The molecular weight excluding hydrogens is 408 g/mol. The summed E-state index contributed by atoms with van der Waals surface area (Å²) in [5.41, 5.74) is 5.22. The Balaban J connectivity index is 1.21. The number of halogens is 1. The number of allylic oxidation sites excluding steroid dienone is 1. The van der Waals surface area contributed by atoms with E-state index in [0.717, 1.165) is 61.2 Å². The molecule has 1 saturated heterocycles. The Morgan fingerprint density at radius 1 is 1.13 bits per heavy atom. The Kier molecular flexibility index (Phi) is 5.60. The molecule has 158 valence electrons. The lowest BCUT2D eigenvalue weighted by atomic mass is 10.0. The minimum Gasteiger partial charge on any atom is -0.346 e. The maximum absolute atomic E-state index is 12.8. The summed E-state index contributed by atoms with van der Waals surface area (Å²) in [6.07, 6.45) is 9.44. The minimum atomic E-state index is 0.194. The van der Waals surface area contributed by atoms with Crippen LogP contribution in [-0.2, 0) is 17.8 Å². The number of amides is 1. The molecule has 0 aliphatic carbocycles. The van der Waals surface area contributed by atoms with Crippen LogP contribution in [0.4, 0.5) is 0 Å². The summed E-state index contributed by atoms with van der Waals surface area (Å²) >= 11 is 6.06. The number of aromatic nitrogens is 2. The van der Waals surface area contributed by atoms with Crippen molar-refractivity contribution in [2.75, 3.05) is 13.1 Å². The Hall–Kier alpha value is -2.92. The van der Waals surface area contributed by atoms with E-state index >= 15 is 0 Å². The number of fused-ring (bicyclic) bond motifs is 1. The van der Waals surface area contributed by atoms with Gasteiger partial charge in [0.05, 0.1) is 23.1 Å². The van der Waals surface area contributed by atoms with Crippen molar-refractivity contribution in [3.8, 4) is 0 Å². The van der Waals surface area contributed by atoms with E-state index in [-0.39, 0.29) is 5.91 Å². The number of nitrogens with zero attached hydrogens (tertiary/aromatic N) is 4. The van der Waals surface area contributed by atoms with Crippen LogP contribution in [0.5, 0.6) is 0 Å². The third kappa shape index (κ3) is 4.42. The molecule has 2 aliphatic heterocycles. The number of aliphatic imine (C=N–C) groups is 1. The second-order valence-corrected chi connectivity index (χ2v) is 8.85. The third-order valence-corrected chi connectivity index (χ3v) is 6.48. The highest BCUT2D eigenvalue weighted by Crippen LogP contribution is 2.25. The highest BCUT2D eigenvalue weighted by molar-refractivity contribution is 6.30. The second-order valence-electron chi connectivity index (χ2n) is 8.42. The second kappa shape index (κ2) is 8.67. The molecule has 1 fully saturated rings. The number of rotatable bonds is 5. The van der Waals surface area contributed by atoms with E-state index in [9.17, 15) is 4.79 Å². The topological polar surface area (TPSA) is 50.5 Å². The van der Waals surface area contributed by atoms with Crippen LogP contribution in [0.15, 0.2) is 59.9 Å². The van der Waals surface area contributed by atoms with Crippen molar-refractivity contribution in [1.82, 2.24) is 14.5 Å². The average molecular weight is 433 g/mol. The van der Waals surface area contributed by atoms with Crippen molar-refractivity contribution in [3.05, 3.63) is 71.1 Å². The molecule has 0 saturated carbocycles. The van der Waals surface area contributed by atoms with Crippen molar-refractivity contribution in [1.29, 1.82) is 0 Å². The SMILES string of the molecule is O=C(Cc1cccc(Cl)c1)N1CCCC(Cn2ccc3nc(C4=CN=C4)ccc32)CC1. The average Bonchev–Trinajstić information content (AvgIpc) is 2.95. The Morgan fingerprint density at radius 3 is 2.84 bits per heavy atom. The molecule has 0 radical (unpaired) electrons. The van der Waals surface area contributed by atoms with Gasteiger partial charge in [-0.15, -0.1) is 0 Å². The molecule has 2 aliphatic rings. The molecule has 0 bridgehead atoms. The van der Waals surface area contributed by atoms with Crippen molar-refractivity contribution in [3.63, 3.8) is 0 Å². The Bertz CT molecular complexity index is 1180. The van der Waals surface area contributed by atoms with E-state index < -0.39 is 0 Å². The maximum atomic E-state index is 12.8. The fourth-order valence-corrected chi connectivity index (χ4v) is 4.70. The van der Waals surface area contributed by atoms with Gasteiger partial charge in [-0.1, -0.05) is 23.7 Å². The highest BCUT2D eigenvalue weighted by Gasteiger charge is 2.21. The first-order valence-electron chi connectivity index (χ1n) is 10.9. The van der Waals surface area contributed by atoms with Gasteiger partial charge in [0.2, 0.25) is 5.91 Å². The van der Waals surface area contributed by atoms with E-state index in [4.69, 9.17) is 16.6 Å². The molecule has 1 unspecified atom stereocenters. The van der Waals surface area contributed by atoms with Gasteiger partial charge in [-0.2, -0.15) is 0 Å². The van der Waals surface area contributed by atoms with Gasteiger partial charge in [-0.25, -0.2) is 4.98 Å². The summed E-state index contributed by atoms with van der Waals surface area (Å²) in [5, 5.41) is 0.680. The Labute approximate surface area is 187 Å². The monoisotopic (exact) mass is 432 g/mol. The van der Waals surface area contributed by atoms with Gasteiger partial charge in [-0.05, 0) is 61.1 Å². The summed E-state index contributed by atoms with van der Waals surface area (Å²) in [7, 11) is 0. The van der Waals surface area contributed by atoms with Crippen LogP contribution in [-0.4, -0.2) is 39.7 Å². The van der Waals surface area contributed by atoms with Crippen LogP contribution in [0.25, 0.3) is 16.6 Å². The van der Waals surface area contributed by atoms with Crippen LogP contribution >= 0.6 is 11.6 Å². The van der Waals surface area contributed by atoms with Crippen LogP contribution in [0.1, 0.15) is 30.5 Å². The zero-order valence-corrected chi connectivity index (χ0v) is 18.1. The standard InChI is InChI=1S/C25H25ClN4O/c26-21-5-1-3-19(13-21)14-25(31)29-10-2-4-18(8-11-29)17-30-12-9-23-24(30)7-6-22(28-23)20-15-27-16-20/h1,3,5-7,9,12-13,15-16,18H,2,4,8,10-11,14,17H2. The summed E-state index contributed by atoms with van der Waals surface area (Å²) in [4.78, 5) is 23.6. The molecule has 4 heterocycles. The molecule has 6 heteroatoms. The number of benzene rings is 1. The summed E-state index contributed by atoms with van der Waals surface area (Å²) in [5.74, 6) is 0.751. The van der Waals surface area contributed by atoms with Gasteiger partial charge in [0.25, 0.3) is 0 Å². The first-order chi connectivity index (χ1) is 15.2. The van der Waals surface area contributed by atoms with Crippen molar-refractivity contribution < 1.29 is 4.79 Å². The van der Waals surface area contributed by atoms with E-state index in [2.05, 4.69) is 34.0 Å². The molecule has 0 spiro atoms. The van der Waals surface area contributed by atoms with Crippen molar-refractivity contribution >= 4 is 40.3 Å². The van der Waals surface area contributed by atoms with Gasteiger partial charge < -0.3 is 9.47 Å². The fraction of sp³-hybridized carbons (Fsp3) is 0.320. The van der Waals surface area contributed by atoms with Crippen molar-refractivity contribution in [2.45, 2.75) is 32.2 Å². The lowest BCUT2D eigenvalue weighted by Gasteiger charge is -2.21. The summed E-state index contributed by atoms with van der Waals surface area (Å²) < 4.78 is 2.31. The van der Waals surface area contributed by atoms with Crippen LogP contribution in [0.2, 0.25) is 5.02 Å². The van der Waals surface area contributed by atoms with E-state index in [0.29, 0.717) is 17.4 Å². The Morgan fingerprint density at radius 2 is 2.03 bits per heavy atom. The molecule has 5 rings (SSSR count). The predicted octanol–water partition coefficient (Wildman–Crippen LogP) is 4.99. The molecule has 1 atom stereocenters. The predicted molar refractivity (Wildman–Crippen MR) is 125 cm³/mol. The maximum Gasteiger partial charge on any atom is 0.226 e. The zero-order valence-electron chi connectivity index (χ0n) is 17.4. The number of hydrogen-bond donors (Lipinski definition) is 0. The quantitative estimate of drug-likeness (QED) is 0.570. The van der Waals surface area contributed by atoms with Gasteiger partial charge in [0.1, 0.15) is 0 Å². The number of likely N-dealkylation sites (tertiary alicyclic amines) is 1. The van der Waals surface area contributed by atoms with E-state index in [1.807, 2.05) is 41.6 Å². The first-order valence-corrected chi connectivity index (χ1v) is 11.3. The first kappa shape index (κ1) is 20.0. The van der Waals surface area contributed by atoms with E-state index in [1.54, 1.807) is 0 Å². The summed E-state index contributed by atoms with van der Waals surface area (Å²) in [6.45, 7) is 2.62. The largest absolute Gasteiger partial charge is 0.346 e. The number of carbonyl (C=O) groups excluding carboxylic acids is 1. The molecule has 3 aromatic rings. The van der Waals surface area contributed by atoms with Gasteiger partial charge in [0.15, 0.2) is 0 Å². The van der Waals surface area contributed by atoms with Gasteiger partial charge in [0, 0.05) is 48.8 Å². The van der Waals surface area contributed by atoms with Crippen LogP contribution in [0, 0.1) is 5.92 Å². The smallest absolute Gasteiger partial charge is 0.226 e. The number of carbonyl (C=O) groups is 1.